The molecule has 10 nitrogen and oxygen atoms in total. The Morgan fingerprint density at radius 3 is 2.67 bits per heavy atom. The summed E-state index contributed by atoms with van der Waals surface area (Å²) in [5, 5.41) is 7.50. The van der Waals surface area contributed by atoms with Crippen molar-refractivity contribution < 1.29 is 36.3 Å². The molecule has 3 amide bonds. The van der Waals surface area contributed by atoms with Gasteiger partial charge in [0.1, 0.15) is 17.9 Å². The van der Waals surface area contributed by atoms with Crippen LogP contribution in [-0.2, 0) is 4.79 Å². The van der Waals surface area contributed by atoms with Gasteiger partial charge in [-0.1, -0.05) is 23.9 Å². The number of amidine groups is 1. The minimum atomic E-state index is -4.81. The maximum absolute atomic E-state index is 14.9. The lowest BCUT2D eigenvalue weighted by atomic mass is 10.2. The standard InChI is InChI=1S/C27H16F4N6O4S/c28-19-12-16(24-32-14-36(35-24)17-5-7-18(8-6-17)41-27(29,30)31)4-9-20(19)33-25(39)34-26-37(22(38)13-42-26)21-3-1-2-15-10-11-40-23(15)21/h1-12,14H,13H2,(H,33,39)/b34-26-. The van der Waals surface area contributed by atoms with Crippen LogP contribution in [-0.4, -0.2) is 44.0 Å². The van der Waals surface area contributed by atoms with Gasteiger partial charge in [-0.3, -0.25) is 9.69 Å². The zero-order chi connectivity index (χ0) is 29.4. The maximum atomic E-state index is 14.9. The monoisotopic (exact) mass is 596 g/mol. The molecule has 212 valence electrons. The first-order valence-electron chi connectivity index (χ1n) is 12.0. The van der Waals surface area contributed by atoms with Gasteiger partial charge in [0.15, 0.2) is 16.6 Å². The molecule has 0 spiro atoms. The zero-order valence-electron chi connectivity index (χ0n) is 21.0. The predicted octanol–water partition coefficient (Wildman–Crippen LogP) is 6.39. The highest BCUT2D eigenvalue weighted by Gasteiger charge is 2.33. The number of amides is 3. The molecule has 0 atom stereocenters. The molecule has 1 fully saturated rings. The second-order valence-corrected chi connectivity index (χ2v) is 9.65. The number of fused-ring (bicyclic) bond motifs is 1. The van der Waals surface area contributed by atoms with Crippen LogP contribution in [0.1, 0.15) is 0 Å². The number of nitrogens with one attached hydrogen (secondary N) is 1. The van der Waals surface area contributed by atoms with Crippen molar-refractivity contribution in [1.82, 2.24) is 14.8 Å². The summed E-state index contributed by atoms with van der Waals surface area (Å²) in [6, 6.07) is 15.0. The molecule has 1 aliphatic heterocycles. The lowest BCUT2D eigenvalue weighted by Crippen LogP contribution is -2.30. The Bertz CT molecular complexity index is 1850. The van der Waals surface area contributed by atoms with Crippen molar-refractivity contribution in [2.45, 2.75) is 6.36 Å². The van der Waals surface area contributed by atoms with Gasteiger partial charge in [-0.15, -0.1) is 18.3 Å². The van der Waals surface area contributed by atoms with E-state index in [9.17, 15) is 27.2 Å². The number of hydrogen-bond acceptors (Lipinski definition) is 7. The van der Waals surface area contributed by atoms with Gasteiger partial charge in [0, 0.05) is 10.9 Å². The van der Waals surface area contributed by atoms with E-state index in [2.05, 4.69) is 25.1 Å². The normalized spacial score (nSPS) is 14.6. The fourth-order valence-electron chi connectivity index (χ4n) is 4.14. The summed E-state index contributed by atoms with van der Waals surface area (Å²) in [6.07, 6.45) is -2.00. The lowest BCUT2D eigenvalue weighted by molar-refractivity contribution is -0.274. The molecule has 0 unspecified atom stereocenters. The molecule has 3 heterocycles. The maximum Gasteiger partial charge on any atom is 0.573 e. The molecule has 15 heteroatoms. The molecule has 3 aromatic carbocycles. The van der Waals surface area contributed by atoms with Gasteiger partial charge < -0.3 is 14.5 Å². The SMILES string of the molecule is O=C(/N=C1\SCC(=O)N1c1cccc2ccoc12)Nc1ccc(-c2ncn(-c3ccc(OC(F)(F)F)cc3)n2)cc1F. The largest absolute Gasteiger partial charge is 0.573 e. The van der Waals surface area contributed by atoms with Gasteiger partial charge >= 0.3 is 12.4 Å². The Labute approximate surface area is 237 Å². The summed E-state index contributed by atoms with van der Waals surface area (Å²) in [5.74, 6) is -1.28. The highest BCUT2D eigenvalue weighted by atomic mass is 32.2. The van der Waals surface area contributed by atoms with E-state index in [0.717, 1.165) is 35.3 Å². The average molecular weight is 597 g/mol. The van der Waals surface area contributed by atoms with E-state index in [1.807, 2.05) is 6.07 Å². The fourth-order valence-corrected chi connectivity index (χ4v) is 5.00. The number of carbonyl (C=O) groups is 2. The number of para-hydroxylation sites is 1. The van der Waals surface area contributed by atoms with E-state index in [4.69, 9.17) is 4.42 Å². The summed E-state index contributed by atoms with van der Waals surface area (Å²) >= 11 is 1.07. The smallest absolute Gasteiger partial charge is 0.462 e. The number of carbonyl (C=O) groups excluding carboxylic acids is 2. The quantitative estimate of drug-likeness (QED) is 0.234. The van der Waals surface area contributed by atoms with Gasteiger partial charge in [-0.25, -0.2) is 18.9 Å². The van der Waals surface area contributed by atoms with E-state index in [1.165, 1.54) is 46.4 Å². The molecule has 0 radical (unpaired) electrons. The first kappa shape index (κ1) is 27.0. The predicted molar refractivity (Wildman–Crippen MR) is 146 cm³/mol. The summed E-state index contributed by atoms with van der Waals surface area (Å²) < 4.78 is 62.7. The van der Waals surface area contributed by atoms with E-state index < -0.39 is 24.0 Å². The molecule has 5 aromatic rings. The third-order valence-electron chi connectivity index (χ3n) is 5.96. The van der Waals surface area contributed by atoms with Crippen molar-refractivity contribution >= 4 is 51.2 Å². The molecule has 0 saturated carbocycles. The number of alkyl halides is 3. The number of anilines is 2. The highest BCUT2D eigenvalue weighted by Crippen LogP contribution is 2.33. The van der Waals surface area contributed by atoms with E-state index in [-0.39, 0.29) is 33.9 Å². The van der Waals surface area contributed by atoms with Crippen LogP contribution in [0.5, 0.6) is 5.75 Å². The number of aliphatic imine (C=N–C) groups is 1. The number of halogens is 4. The number of ether oxygens (including phenoxy) is 1. The summed E-state index contributed by atoms with van der Waals surface area (Å²) in [5.41, 5.74) is 1.41. The molecule has 0 bridgehead atoms. The van der Waals surface area contributed by atoms with E-state index in [1.54, 1.807) is 18.2 Å². The third kappa shape index (κ3) is 5.54. The van der Waals surface area contributed by atoms with Gasteiger partial charge in [0.05, 0.1) is 29.1 Å². The second kappa shape index (κ2) is 10.7. The van der Waals surface area contributed by atoms with E-state index in [0.29, 0.717) is 17.0 Å². The van der Waals surface area contributed by atoms with Crippen molar-refractivity contribution in [3.05, 3.63) is 85.1 Å². The van der Waals surface area contributed by atoms with Crippen LogP contribution in [0.3, 0.4) is 0 Å². The number of hydrogen-bond donors (Lipinski definition) is 1. The van der Waals surface area contributed by atoms with Crippen molar-refractivity contribution in [2.24, 2.45) is 4.99 Å². The number of aromatic nitrogens is 3. The summed E-state index contributed by atoms with van der Waals surface area (Å²) in [6.45, 7) is 0. The molecule has 42 heavy (non-hydrogen) atoms. The van der Waals surface area contributed by atoms with Crippen LogP contribution in [0, 0.1) is 5.82 Å². The Balaban J connectivity index is 1.17. The van der Waals surface area contributed by atoms with Gasteiger partial charge in [0.2, 0.25) is 5.91 Å². The Morgan fingerprint density at radius 2 is 1.90 bits per heavy atom. The van der Waals surface area contributed by atoms with Crippen molar-refractivity contribution in [3.8, 4) is 22.8 Å². The molecule has 1 saturated heterocycles. The Kier molecular flexibility index (Phi) is 6.86. The number of nitrogens with zero attached hydrogens (tertiary/aromatic N) is 5. The van der Waals surface area contributed by atoms with Crippen LogP contribution in [0.2, 0.25) is 0 Å². The molecular weight excluding hydrogens is 580 g/mol. The molecular formula is C27H16F4N6O4S. The number of benzene rings is 3. The van der Waals surface area contributed by atoms with Crippen molar-refractivity contribution in [1.29, 1.82) is 0 Å². The van der Waals surface area contributed by atoms with Gasteiger partial charge in [-0.05, 0) is 54.6 Å². The second-order valence-electron chi connectivity index (χ2n) is 8.71. The fraction of sp³-hybridized carbons (Fsp3) is 0.0741. The van der Waals surface area contributed by atoms with Crippen LogP contribution in [0.15, 0.2) is 88.7 Å². The summed E-state index contributed by atoms with van der Waals surface area (Å²) in [4.78, 5) is 34.7. The van der Waals surface area contributed by atoms with Crippen molar-refractivity contribution in [2.75, 3.05) is 16.0 Å². The average Bonchev–Trinajstić information content (AvgIpc) is 3.70. The minimum Gasteiger partial charge on any atom is -0.462 e. The number of rotatable bonds is 5. The van der Waals surface area contributed by atoms with Crippen LogP contribution >= 0.6 is 11.8 Å². The number of urea groups is 1. The molecule has 1 N–H and O–H groups in total. The van der Waals surface area contributed by atoms with Crippen LogP contribution in [0.25, 0.3) is 28.0 Å². The summed E-state index contributed by atoms with van der Waals surface area (Å²) in [7, 11) is 0. The number of furan rings is 1. The Morgan fingerprint density at radius 1 is 1.10 bits per heavy atom. The minimum absolute atomic E-state index is 0.0669. The first-order chi connectivity index (χ1) is 20.1. The number of thioether (sulfide) groups is 1. The van der Waals surface area contributed by atoms with Crippen LogP contribution in [0.4, 0.5) is 33.7 Å². The highest BCUT2D eigenvalue weighted by molar-refractivity contribution is 8.15. The molecule has 0 aliphatic carbocycles. The molecule has 6 rings (SSSR count). The Hall–Kier alpha value is -5.18. The van der Waals surface area contributed by atoms with Crippen molar-refractivity contribution in [3.63, 3.8) is 0 Å². The zero-order valence-corrected chi connectivity index (χ0v) is 21.8. The molecule has 2 aromatic heterocycles. The molecule has 1 aliphatic rings. The van der Waals surface area contributed by atoms with E-state index >= 15 is 0 Å². The lowest BCUT2D eigenvalue weighted by Gasteiger charge is -2.16. The first-order valence-corrected chi connectivity index (χ1v) is 13.0. The van der Waals surface area contributed by atoms with Gasteiger partial charge in [-0.2, -0.15) is 4.99 Å². The third-order valence-corrected chi connectivity index (χ3v) is 6.88. The van der Waals surface area contributed by atoms with Gasteiger partial charge in [0.25, 0.3) is 0 Å². The topological polar surface area (TPSA) is 115 Å². The van der Waals surface area contributed by atoms with Crippen LogP contribution < -0.4 is 15.0 Å².